The molecule has 0 aromatic carbocycles. The summed E-state index contributed by atoms with van der Waals surface area (Å²) in [6.45, 7) is 1.56. The second-order valence-corrected chi connectivity index (χ2v) is 6.36. The second-order valence-electron chi connectivity index (χ2n) is 5.50. The van der Waals surface area contributed by atoms with Crippen LogP contribution in [0.2, 0.25) is 0 Å². The van der Waals surface area contributed by atoms with Crippen LogP contribution in [0.1, 0.15) is 23.2 Å². The van der Waals surface area contributed by atoms with Crippen LogP contribution in [0.25, 0.3) is 0 Å². The van der Waals surface area contributed by atoms with E-state index in [0.717, 1.165) is 30.4 Å². The highest BCUT2D eigenvalue weighted by molar-refractivity contribution is 9.10. The van der Waals surface area contributed by atoms with Crippen LogP contribution in [0, 0.1) is 0 Å². The second kappa shape index (κ2) is 7.57. The Morgan fingerprint density at radius 1 is 1.38 bits per heavy atom. The normalized spacial score (nSPS) is 15.2. The van der Waals surface area contributed by atoms with Gasteiger partial charge in [0.15, 0.2) is 0 Å². The molecule has 0 bridgehead atoms. The summed E-state index contributed by atoms with van der Waals surface area (Å²) < 4.78 is 5.94. The number of pyridine rings is 1. The first-order chi connectivity index (χ1) is 11.7. The molecule has 0 spiro atoms. The molecule has 24 heavy (non-hydrogen) atoms. The Bertz CT molecular complexity index is 705. The Kier molecular flexibility index (Phi) is 5.24. The number of hydrogen-bond donors (Lipinski definition) is 1. The third kappa shape index (κ3) is 3.81. The van der Waals surface area contributed by atoms with Crippen molar-refractivity contribution in [1.29, 1.82) is 0 Å². The summed E-state index contributed by atoms with van der Waals surface area (Å²) in [5, 5.41) is 3.06. The number of hydrogen-bond acceptors (Lipinski definition) is 6. The van der Waals surface area contributed by atoms with Crippen molar-refractivity contribution < 1.29 is 9.53 Å². The van der Waals surface area contributed by atoms with E-state index in [1.165, 1.54) is 0 Å². The van der Waals surface area contributed by atoms with Crippen molar-refractivity contribution in [3.05, 3.63) is 40.8 Å². The van der Waals surface area contributed by atoms with E-state index in [1.807, 2.05) is 0 Å². The number of anilines is 1. The fraction of sp³-hybridized carbons (Fsp3) is 0.375. The molecule has 0 unspecified atom stereocenters. The van der Waals surface area contributed by atoms with Crippen LogP contribution in [-0.2, 0) is 0 Å². The maximum atomic E-state index is 12.2. The molecular formula is C16H18BrN5O2. The van der Waals surface area contributed by atoms with Crippen LogP contribution in [0.3, 0.4) is 0 Å². The number of nitrogens with zero attached hydrogens (tertiary/aromatic N) is 4. The molecule has 1 N–H and O–H groups in total. The summed E-state index contributed by atoms with van der Waals surface area (Å²) in [6.07, 6.45) is 6.60. The minimum Gasteiger partial charge on any atom is -0.480 e. The zero-order chi connectivity index (χ0) is 16.9. The lowest BCUT2D eigenvalue weighted by Crippen LogP contribution is -2.45. The Balaban J connectivity index is 1.57. The molecule has 1 fully saturated rings. The van der Waals surface area contributed by atoms with Crippen molar-refractivity contribution >= 4 is 27.8 Å². The quantitative estimate of drug-likeness (QED) is 0.858. The Hall–Kier alpha value is -2.22. The minimum absolute atomic E-state index is 0.0805. The summed E-state index contributed by atoms with van der Waals surface area (Å²) in [5.74, 6) is 1.09. The zero-order valence-electron chi connectivity index (χ0n) is 13.3. The van der Waals surface area contributed by atoms with E-state index < -0.39 is 0 Å². The molecule has 3 heterocycles. The summed E-state index contributed by atoms with van der Waals surface area (Å²) in [5.41, 5.74) is 0.584. The molecule has 0 atom stereocenters. The topological polar surface area (TPSA) is 80.2 Å². The van der Waals surface area contributed by atoms with Crippen LogP contribution in [0.5, 0.6) is 5.88 Å². The summed E-state index contributed by atoms with van der Waals surface area (Å²) in [4.78, 5) is 27.0. The van der Waals surface area contributed by atoms with Gasteiger partial charge in [0.1, 0.15) is 0 Å². The van der Waals surface area contributed by atoms with Gasteiger partial charge in [0.2, 0.25) is 11.8 Å². The van der Waals surface area contributed by atoms with E-state index in [2.05, 4.69) is 41.1 Å². The van der Waals surface area contributed by atoms with Gasteiger partial charge in [-0.25, -0.2) is 4.98 Å². The monoisotopic (exact) mass is 391 g/mol. The molecule has 2 aromatic heterocycles. The van der Waals surface area contributed by atoms with Crippen LogP contribution in [0.4, 0.5) is 5.95 Å². The average Bonchev–Trinajstić information content (AvgIpc) is 2.63. The van der Waals surface area contributed by atoms with Gasteiger partial charge in [-0.05, 0) is 40.9 Å². The largest absolute Gasteiger partial charge is 0.480 e. The van der Waals surface area contributed by atoms with Gasteiger partial charge in [-0.3, -0.25) is 9.78 Å². The summed E-state index contributed by atoms with van der Waals surface area (Å²) in [7, 11) is 1.58. The number of rotatable bonds is 4. The first-order valence-corrected chi connectivity index (χ1v) is 8.49. The van der Waals surface area contributed by atoms with Crippen LogP contribution < -0.4 is 15.0 Å². The van der Waals surface area contributed by atoms with E-state index >= 15 is 0 Å². The Morgan fingerprint density at radius 2 is 2.17 bits per heavy atom. The predicted molar refractivity (Wildman–Crippen MR) is 93.2 cm³/mol. The van der Waals surface area contributed by atoms with Gasteiger partial charge in [-0.2, -0.15) is 4.98 Å². The van der Waals surface area contributed by atoms with Gasteiger partial charge in [-0.15, -0.1) is 0 Å². The number of halogens is 1. The molecule has 3 rings (SSSR count). The van der Waals surface area contributed by atoms with E-state index in [1.54, 1.807) is 37.8 Å². The molecule has 7 nitrogen and oxygen atoms in total. The van der Waals surface area contributed by atoms with Crippen LogP contribution in [0.15, 0.2) is 35.2 Å². The maximum Gasteiger partial charge on any atom is 0.253 e. The molecule has 0 radical (unpaired) electrons. The SMILES string of the molecule is COc1nc(N2CCC(NC(=O)c3cccnc3)CC2)ncc1Br. The standard InChI is InChI=1S/C16H18BrN5O2/c1-24-15-13(17)10-19-16(21-15)22-7-4-12(5-8-22)20-14(23)11-3-2-6-18-9-11/h2-3,6,9-10,12H,4-5,7-8H2,1H3,(H,20,23). The third-order valence-electron chi connectivity index (χ3n) is 3.93. The fourth-order valence-electron chi connectivity index (χ4n) is 2.63. The van der Waals surface area contributed by atoms with Crippen molar-refractivity contribution in [2.24, 2.45) is 0 Å². The van der Waals surface area contributed by atoms with Crippen molar-refractivity contribution in [2.45, 2.75) is 18.9 Å². The number of piperidine rings is 1. The summed E-state index contributed by atoms with van der Waals surface area (Å²) >= 11 is 3.35. The minimum atomic E-state index is -0.0805. The number of carbonyl (C=O) groups is 1. The molecular weight excluding hydrogens is 374 g/mol. The smallest absolute Gasteiger partial charge is 0.253 e. The van der Waals surface area contributed by atoms with E-state index in [-0.39, 0.29) is 11.9 Å². The van der Waals surface area contributed by atoms with Crippen LogP contribution >= 0.6 is 15.9 Å². The molecule has 0 aliphatic carbocycles. The van der Waals surface area contributed by atoms with Gasteiger partial charge in [-0.1, -0.05) is 0 Å². The molecule has 8 heteroatoms. The number of methoxy groups -OCH3 is 1. The molecule has 0 saturated carbocycles. The van der Waals surface area contributed by atoms with E-state index in [0.29, 0.717) is 17.4 Å². The zero-order valence-corrected chi connectivity index (χ0v) is 14.9. The van der Waals surface area contributed by atoms with Crippen molar-refractivity contribution in [2.75, 3.05) is 25.1 Å². The average molecular weight is 392 g/mol. The highest BCUT2D eigenvalue weighted by atomic mass is 79.9. The van der Waals surface area contributed by atoms with E-state index in [4.69, 9.17) is 4.74 Å². The van der Waals surface area contributed by atoms with Crippen molar-refractivity contribution in [3.63, 3.8) is 0 Å². The number of amides is 1. The van der Waals surface area contributed by atoms with Gasteiger partial charge < -0.3 is 15.0 Å². The fourth-order valence-corrected chi connectivity index (χ4v) is 2.98. The number of nitrogens with one attached hydrogen (secondary N) is 1. The maximum absolute atomic E-state index is 12.2. The molecule has 2 aromatic rings. The van der Waals surface area contributed by atoms with Crippen molar-refractivity contribution in [3.8, 4) is 5.88 Å². The Labute approximate surface area is 148 Å². The van der Waals surface area contributed by atoms with Gasteiger partial charge in [0.05, 0.1) is 23.3 Å². The third-order valence-corrected chi connectivity index (χ3v) is 4.47. The first kappa shape index (κ1) is 16.6. The highest BCUT2D eigenvalue weighted by Gasteiger charge is 2.23. The number of aromatic nitrogens is 3. The summed E-state index contributed by atoms with van der Waals surface area (Å²) in [6, 6.07) is 3.67. The molecule has 1 amide bonds. The molecule has 126 valence electrons. The van der Waals surface area contributed by atoms with Gasteiger partial charge >= 0.3 is 0 Å². The number of ether oxygens (including phenoxy) is 1. The highest BCUT2D eigenvalue weighted by Crippen LogP contribution is 2.25. The Morgan fingerprint density at radius 3 is 2.83 bits per heavy atom. The van der Waals surface area contributed by atoms with Gasteiger partial charge in [0.25, 0.3) is 5.91 Å². The molecule has 1 aliphatic heterocycles. The van der Waals surface area contributed by atoms with Gasteiger partial charge in [0, 0.05) is 31.5 Å². The lowest BCUT2D eigenvalue weighted by molar-refractivity contribution is 0.0930. The first-order valence-electron chi connectivity index (χ1n) is 7.69. The molecule has 1 aliphatic rings. The van der Waals surface area contributed by atoms with Crippen molar-refractivity contribution in [1.82, 2.24) is 20.3 Å². The number of carbonyl (C=O) groups excluding carboxylic acids is 1. The van der Waals surface area contributed by atoms with Crippen LogP contribution in [-0.4, -0.2) is 47.1 Å². The predicted octanol–water partition coefficient (Wildman–Crippen LogP) is 2.04. The van der Waals surface area contributed by atoms with E-state index in [9.17, 15) is 4.79 Å². The molecule has 1 saturated heterocycles. The lowest BCUT2D eigenvalue weighted by atomic mass is 10.0. The lowest BCUT2D eigenvalue weighted by Gasteiger charge is -2.32.